The first kappa shape index (κ1) is 23.8. The summed E-state index contributed by atoms with van der Waals surface area (Å²) in [5.41, 5.74) is 0. The molecular weight excluding hydrogens is 352 g/mol. The summed E-state index contributed by atoms with van der Waals surface area (Å²) < 4.78 is 15.0. The standard InChI is InChI=1S/C10H20N2O2.C8H16N2O3/c1-11-10(13)8-5-3-4-6-9(8)12-7-14-2;1-9-8(11)6-3-13-4-7(6)10-5-12-2/h8-9,12H,3-7H2,1-2H3,(H,11,13);6-7,10H,3-5H2,1-2H3,(H,9,11)/t8-,9-;6-,7-/m11/s1. The lowest BCUT2D eigenvalue weighted by Gasteiger charge is -2.30. The Labute approximate surface area is 162 Å². The highest BCUT2D eigenvalue weighted by atomic mass is 16.5. The first-order chi connectivity index (χ1) is 13.1. The van der Waals surface area contributed by atoms with Crippen LogP contribution in [0.25, 0.3) is 0 Å². The van der Waals surface area contributed by atoms with Gasteiger partial charge in [-0.15, -0.1) is 0 Å². The van der Waals surface area contributed by atoms with E-state index in [1.54, 1.807) is 28.3 Å². The molecule has 2 amide bonds. The van der Waals surface area contributed by atoms with Crippen molar-refractivity contribution in [2.45, 2.75) is 37.8 Å². The molecule has 0 aromatic rings. The van der Waals surface area contributed by atoms with Crippen LogP contribution in [0, 0.1) is 11.8 Å². The minimum atomic E-state index is -0.0971. The summed E-state index contributed by atoms with van der Waals surface area (Å²) in [7, 11) is 6.60. The van der Waals surface area contributed by atoms with Crippen molar-refractivity contribution in [2.24, 2.45) is 11.8 Å². The van der Waals surface area contributed by atoms with E-state index in [0.29, 0.717) is 26.7 Å². The Morgan fingerprint density at radius 2 is 1.41 bits per heavy atom. The number of ether oxygens (including phenoxy) is 3. The molecule has 0 unspecified atom stereocenters. The van der Waals surface area contributed by atoms with E-state index in [1.807, 2.05) is 0 Å². The van der Waals surface area contributed by atoms with Crippen LogP contribution in [-0.2, 0) is 23.8 Å². The van der Waals surface area contributed by atoms with Crippen molar-refractivity contribution in [1.82, 2.24) is 21.3 Å². The molecule has 0 aromatic carbocycles. The van der Waals surface area contributed by atoms with E-state index in [0.717, 1.165) is 19.3 Å². The Morgan fingerprint density at radius 1 is 0.852 bits per heavy atom. The van der Waals surface area contributed by atoms with Crippen LogP contribution >= 0.6 is 0 Å². The second-order valence-electron chi connectivity index (χ2n) is 6.75. The number of rotatable bonds is 8. The van der Waals surface area contributed by atoms with Gasteiger partial charge in [0.05, 0.1) is 38.5 Å². The van der Waals surface area contributed by atoms with Crippen molar-refractivity contribution < 1.29 is 23.8 Å². The Hall–Kier alpha value is -1.26. The van der Waals surface area contributed by atoms with E-state index in [4.69, 9.17) is 14.2 Å². The lowest BCUT2D eigenvalue weighted by Crippen LogP contribution is -2.46. The fourth-order valence-electron chi connectivity index (χ4n) is 3.45. The maximum atomic E-state index is 11.5. The Bertz CT molecular complexity index is 438. The quantitative estimate of drug-likeness (QED) is 0.412. The molecule has 9 nitrogen and oxygen atoms in total. The number of carbonyl (C=O) groups excluding carboxylic acids is 2. The maximum Gasteiger partial charge on any atom is 0.226 e. The molecule has 9 heteroatoms. The molecule has 0 spiro atoms. The highest BCUT2D eigenvalue weighted by Crippen LogP contribution is 2.24. The topological polar surface area (TPSA) is 110 Å². The smallest absolute Gasteiger partial charge is 0.226 e. The summed E-state index contributed by atoms with van der Waals surface area (Å²) in [5, 5.41) is 11.7. The van der Waals surface area contributed by atoms with E-state index >= 15 is 0 Å². The second kappa shape index (κ2) is 13.8. The molecule has 0 aromatic heterocycles. The van der Waals surface area contributed by atoms with Gasteiger partial charge in [0.15, 0.2) is 0 Å². The molecule has 1 saturated heterocycles. The third kappa shape index (κ3) is 8.10. The van der Waals surface area contributed by atoms with Gasteiger partial charge in [0.25, 0.3) is 0 Å². The predicted molar refractivity (Wildman–Crippen MR) is 102 cm³/mol. The van der Waals surface area contributed by atoms with Crippen LogP contribution < -0.4 is 21.3 Å². The fourth-order valence-corrected chi connectivity index (χ4v) is 3.45. The third-order valence-corrected chi connectivity index (χ3v) is 4.99. The summed E-state index contributed by atoms with van der Waals surface area (Å²) in [6.45, 7) is 2.03. The average molecular weight is 389 g/mol. The normalized spacial score (nSPS) is 27.4. The summed E-state index contributed by atoms with van der Waals surface area (Å²) in [6.07, 6.45) is 4.42. The number of hydrogen-bond acceptors (Lipinski definition) is 7. The number of carbonyl (C=O) groups is 2. The van der Waals surface area contributed by atoms with Gasteiger partial charge in [-0.25, -0.2) is 0 Å². The zero-order valence-electron chi connectivity index (χ0n) is 17.0. The van der Waals surface area contributed by atoms with Crippen LogP contribution in [0.2, 0.25) is 0 Å². The van der Waals surface area contributed by atoms with Crippen molar-refractivity contribution in [3.8, 4) is 0 Å². The lowest BCUT2D eigenvalue weighted by atomic mass is 9.84. The zero-order chi connectivity index (χ0) is 20.1. The van der Waals surface area contributed by atoms with Crippen LogP contribution in [0.5, 0.6) is 0 Å². The molecule has 0 bridgehead atoms. The highest BCUT2D eigenvalue weighted by Gasteiger charge is 2.33. The molecule has 158 valence electrons. The van der Waals surface area contributed by atoms with E-state index < -0.39 is 0 Å². The van der Waals surface area contributed by atoms with E-state index in [1.165, 1.54) is 6.42 Å². The highest BCUT2D eigenvalue weighted by molar-refractivity contribution is 5.79. The van der Waals surface area contributed by atoms with Gasteiger partial charge in [0.1, 0.15) is 0 Å². The SMILES string of the molecule is CNC(=O)[C@@H]1CCCC[C@H]1NCOC.CNC(=O)[C@@H]1COC[C@H]1NCOC. The van der Waals surface area contributed by atoms with E-state index in [2.05, 4.69) is 21.3 Å². The van der Waals surface area contributed by atoms with Gasteiger partial charge in [-0.2, -0.15) is 0 Å². The number of amides is 2. The number of nitrogens with one attached hydrogen (secondary N) is 4. The molecule has 4 atom stereocenters. The lowest BCUT2D eigenvalue weighted by molar-refractivity contribution is -0.126. The molecule has 2 rings (SSSR count). The van der Waals surface area contributed by atoms with Gasteiger partial charge in [0, 0.05) is 40.4 Å². The van der Waals surface area contributed by atoms with Gasteiger partial charge in [0.2, 0.25) is 11.8 Å². The summed E-state index contributed by atoms with van der Waals surface area (Å²) >= 11 is 0. The Morgan fingerprint density at radius 3 is 2.00 bits per heavy atom. The first-order valence-corrected chi connectivity index (χ1v) is 9.54. The van der Waals surface area contributed by atoms with Crippen LogP contribution in [0.1, 0.15) is 25.7 Å². The average Bonchev–Trinajstić information content (AvgIpc) is 3.18. The summed E-state index contributed by atoms with van der Waals surface area (Å²) in [4.78, 5) is 22.9. The number of methoxy groups -OCH3 is 2. The van der Waals surface area contributed by atoms with Gasteiger partial charge >= 0.3 is 0 Å². The molecule has 27 heavy (non-hydrogen) atoms. The van der Waals surface area contributed by atoms with Crippen LogP contribution in [0.4, 0.5) is 0 Å². The second-order valence-corrected chi connectivity index (χ2v) is 6.75. The van der Waals surface area contributed by atoms with Crippen LogP contribution in [0.3, 0.4) is 0 Å². The molecule has 4 N–H and O–H groups in total. The monoisotopic (exact) mass is 388 g/mol. The molecule has 2 aliphatic rings. The summed E-state index contributed by atoms with van der Waals surface area (Å²) in [6, 6.07) is 0.351. The summed E-state index contributed by atoms with van der Waals surface area (Å²) in [5.74, 6) is 0.188. The predicted octanol–water partition coefficient (Wildman–Crippen LogP) is -0.574. The minimum absolute atomic E-state index is 0.0195. The largest absolute Gasteiger partial charge is 0.379 e. The van der Waals surface area contributed by atoms with Crippen molar-refractivity contribution in [3.05, 3.63) is 0 Å². The molecule has 1 aliphatic carbocycles. The fraction of sp³-hybridized carbons (Fsp3) is 0.889. The Kier molecular flexibility index (Phi) is 12.2. The first-order valence-electron chi connectivity index (χ1n) is 9.54. The van der Waals surface area contributed by atoms with Crippen molar-refractivity contribution in [2.75, 3.05) is 55.0 Å². The molecule has 1 aliphatic heterocycles. The number of hydrogen-bond donors (Lipinski definition) is 4. The molecule has 1 heterocycles. The van der Waals surface area contributed by atoms with Crippen molar-refractivity contribution in [3.63, 3.8) is 0 Å². The van der Waals surface area contributed by atoms with Crippen molar-refractivity contribution >= 4 is 11.8 Å². The van der Waals surface area contributed by atoms with Crippen LogP contribution in [0.15, 0.2) is 0 Å². The Balaban J connectivity index is 0.000000271. The zero-order valence-corrected chi connectivity index (χ0v) is 17.0. The van der Waals surface area contributed by atoms with Gasteiger partial charge < -0.3 is 24.8 Å². The molecular formula is C18H36N4O5. The minimum Gasteiger partial charge on any atom is -0.379 e. The van der Waals surface area contributed by atoms with Gasteiger partial charge in [-0.05, 0) is 12.8 Å². The molecule has 0 radical (unpaired) electrons. The molecule has 2 fully saturated rings. The molecule has 1 saturated carbocycles. The van der Waals surface area contributed by atoms with E-state index in [-0.39, 0.29) is 35.7 Å². The van der Waals surface area contributed by atoms with Gasteiger partial charge in [-0.3, -0.25) is 20.2 Å². The van der Waals surface area contributed by atoms with Gasteiger partial charge in [-0.1, -0.05) is 12.8 Å². The van der Waals surface area contributed by atoms with E-state index in [9.17, 15) is 9.59 Å². The maximum absolute atomic E-state index is 11.5. The van der Waals surface area contributed by atoms with Crippen LogP contribution in [-0.4, -0.2) is 78.9 Å². The van der Waals surface area contributed by atoms with Crippen molar-refractivity contribution in [1.29, 1.82) is 0 Å². The third-order valence-electron chi connectivity index (χ3n) is 4.99.